The molecular weight excluding hydrogens is 112 g/mol. The fourth-order valence-electron chi connectivity index (χ4n) is 0.559. The molecule has 9 heavy (non-hydrogen) atoms. The molecule has 0 aliphatic carbocycles. The van der Waals surface area contributed by atoms with Crippen LogP contribution in [0.5, 0.6) is 0 Å². The second kappa shape index (κ2) is 5.63. The Hall–Kier alpha value is -0.500. The predicted octanol–water partition coefficient (Wildman–Crippen LogP) is 1.07. The van der Waals surface area contributed by atoms with Crippen LogP contribution >= 0.6 is 0 Å². The smallest absolute Gasteiger partial charge is 0.0652 e. The van der Waals surface area contributed by atoms with Crippen molar-refractivity contribution >= 4 is 0 Å². The summed E-state index contributed by atoms with van der Waals surface area (Å²) in [5.41, 5.74) is 0. The van der Waals surface area contributed by atoms with E-state index < -0.39 is 0 Å². The number of nitrogens with one attached hydrogen (secondary N) is 2. The van der Waals surface area contributed by atoms with Crippen molar-refractivity contribution in [2.24, 2.45) is 0 Å². The van der Waals surface area contributed by atoms with E-state index in [1.54, 1.807) is 0 Å². The van der Waals surface area contributed by atoms with E-state index in [0.717, 1.165) is 6.67 Å². The molecule has 2 N–H and O–H groups in total. The van der Waals surface area contributed by atoms with E-state index in [1.807, 2.05) is 20.0 Å². The lowest BCUT2D eigenvalue weighted by atomic mass is 10.3. The third kappa shape index (κ3) is 4.03. The molecule has 1 heterocycles. The Balaban J connectivity index is 0.000000291. The topological polar surface area (TPSA) is 24.1 Å². The van der Waals surface area contributed by atoms with Gasteiger partial charge in [-0.05, 0) is 13.1 Å². The third-order valence-electron chi connectivity index (χ3n) is 1.03. The molecule has 0 bridgehead atoms. The monoisotopic (exact) mass is 128 g/mol. The van der Waals surface area contributed by atoms with Gasteiger partial charge in [0.1, 0.15) is 0 Å². The molecule has 0 amide bonds. The van der Waals surface area contributed by atoms with E-state index >= 15 is 0 Å². The Morgan fingerprint density at radius 1 is 1.44 bits per heavy atom. The fourth-order valence-corrected chi connectivity index (χ4v) is 0.559. The molecule has 1 unspecified atom stereocenters. The average Bonchev–Trinajstić information content (AvgIpc) is 1.94. The Kier molecular flexibility index (Phi) is 5.32. The molecule has 0 spiro atoms. The van der Waals surface area contributed by atoms with Gasteiger partial charge >= 0.3 is 0 Å². The molecular formula is C7H16N2. The zero-order chi connectivity index (χ0) is 7.11. The number of rotatable bonds is 0. The molecule has 2 nitrogen and oxygen atoms in total. The van der Waals surface area contributed by atoms with Crippen molar-refractivity contribution < 1.29 is 0 Å². The summed E-state index contributed by atoms with van der Waals surface area (Å²) < 4.78 is 0. The lowest BCUT2D eigenvalue weighted by Crippen LogP contribution is -2.35. The molecule has 0 saturated carbocycles. The molecule has 0 radical (unpaired) electrons. The van der Waals surface area contributed by atoms with Crippen LogP contribution in [-0.2, 0) is 0 Å². The zero-order valence-electron chi connectivity index (χ0n) is 6.44. The Morgan fingerprint density at radius 3 is 2.33 bits per heavy atom. The van der Waals surface area contributed by atoms with Crippen LogP contribution in [0, 0.1) is 0 Å². The lowest BCUT2D eigenvalue weighted by molar-refractivity contribution is 0.574. The van der Waals surface area contributed by atoms with Crippen molar-refractivity contribution in [2.75, 3.05) is 6.67 Å². The summed E-state index contributed by atoms with van der Waals surface area (Å²) in [7, 11) is 0. The second-order valence-corrected chi connectivity index (χ2v) is 1.73. The predicted molar refractivity (Wildman–Crippen MR) is 41.1 cm³/mol. The van der Waals surface area contributed by atoms with E-state index in [4.69, 9.17) is 0 Å². The fraction of sp³-hybridized carbons (Fsp3) is 0.714. The third-order valence-corrected chi connectivity index (χ3v) is 1.03. The largest absolute Gasteiger partial charge is 0.379 e. The highest BCUT2D eigenvalue weighted by Gasteiger charge is 1.95. The van der Waals surface area contributed by atoms with Crippen LogP contribution in [0.3, 0.4) is 0 Å². The first-order valence-corrected chi connectivity index (χ1v) is 3.53. The molecule has 0 saturated heterocycles. The van der Waals surface area contributed by atoms with Crippen LogP contribution < -0.4 is 10.6 Å². The van der Waals surface area contributed by atoms with E-state index in [-0.39, 0.29) is 0 Å². The van der Waals surface area contributed by atoms with Crippen LogP contribution in [0.1, 0.15) is 20.8 Å². The molecule has 2 heteroatoms. The second-order valence-electron chi connectivity index (χ2n) is 1.73. The molecule has 0 aromatic rings. The number of hydrogen-bond acceptors (Lipinski definition) is 2. The normalized spacial score (nSPS) is 23.7. The van der Waals surface area contributed by atoms with Gasteiger partial charge in [-0.25, -0.2) is 0 Å². The van der Waals surface area contributed by atoms with Crippen molar-refractivity contribution in [3.05, 3.63) is 12.3 Å². The standard InChI is InChI=1S/C5H10N2.C2H6/c1-5-2-3-6-4-7-5;1-2/h2-3,5-7H,4H2,1H3;1-2H3. The highest BCUT2D eigenvalue weighted by Crippen LogP contribution is 1.84. The minimum atomic E-state index is 0.543. The summed E-state index contributed by atoms with van der Waals surface area (Å²) in [5.74, 6) is 0. The van der Waals surface area contributed by atoms with Gasteiger partial charge in [-0.1, -0.05) is 19.9 Å². The van der Waals surface area contributed by atoms with Crippen LogP contribution in [0.15, 0.2) is 12.3 Å². The lowest BCUT2D eigenvalue weighted by Gasteiger charge is -2.13. The first kappa shape index (κ1) is 8.50. The molecule has 54 valence electrons. The molecule has 1 aliphatic heterocycles. The summed E-state index contributed by atoms with van der Waals surface area (Å²) in [6, 6.07) is 0.543. The maximum absolute atomic E-state index is 3.18. The Bertz CT molecular complexity index is 79.0. The first-order valence-electron chi connectivity index (χ1n) is 3.53. The quantitative estimate of drug-likeness (QED) is 0.510. The molecule has 1 atom stereocenters. The molecule has 1 aliphatic rings. The SMILES string of the molecule is CC.CC1C=CNCN1. The number of hydrogen-bond donors (Lipinski definition) is 2. The van der Waals surface area contributed by atoms with Crippen LogP contribution in [0.25, 0.3) is 0 Å². The van der Waals surface area contributed by atoms with Gasteiger partial charge in [-0.2, -0.15) is 0 Å². The van der Waals surface area contributed by atoms with E-state index in [2.05, 4.69) is 23.6 Å². The Labute approximate surface area is 57.3 Å². The summed E-state index contributed by atoms with van der Waals surface area (Å²) in [6.07, 6.45) is 4.06. The average molecular weight is 128 g/mol. The first-order chi connectivity index (χ1) is 4.39. The van der Waals surface area contributed by atoms with E-state index in [0.29, 0.717) is 6.04 Å². The maximum Gasteiger partial charge on any atom is 0.0652 e. The highest BCUT2D eigenvalue weighted by molar-refractivity contribution is 4.92. The molecule has 0 aromatic carbocycles. The van der Waals surface area contributed by atoms with Gasteiger partial charge in [0.25, 0.3) is 0 Å². The van der Waals surface area contributed by atoms with Gasteiger partial charge in [-0.15, -0.1) is 0 Å². The summed E-state index contributed by atoms with van der Waals surface area (Å²) in [6.45, 7) is 7.02. The zero-order valence-corrected chi connectivity index (χ0v) is 6.44. The van der Waals surface area contributed by atoms with Crippen molar-refractivity contribution in [3.8, 4) is 0 Å². The van der Waals surface area contributed by atoms with Gasteiger partial charge in [0.05, 0.1) is 6.67 Å². The molecule has 1 rings (SSSR count). The van der Waals surface area contributed by atoms with Crippen LogP contribution in [0.2, 0.25) is 0 Å². The van der Waals surface area contributed by atoms with Gasteiger partial charge in [-0.3, -0.25) is 5.32 Å². The van der Waals surface area contributed by atoms with Crippen molar-refractivity contribution in [3.63, 3.8) is 0 Å². The van der Waals surface area contributed by atoms with Gasteiger partial charge in [0, 0.05) is 6.04 Å². The summed E-state index contributed by atoms with van der Waals surface area (Å²) in [4.78, 5) is 0. The Morgan fingerprint density at radius 2 is 2.11 bits per heavy atom. The maximum atomic E-state index is 3.18. The van der Waals surface area contributed by atoms with Gasteiger partial charge in [0.15, 0.2) is 0 Å². The summed E-state index contributed by atoms with van der Waals surface area (Å²) >= 11 is 0. The van der Waals surface area contributed by atoms with Crippen LogP contribution in [0.4, 0.5) is 0 Å². The van der Waals surface area contributed by atoms with E-state index in [9.17, 15) is 0 Å². The van der Waals surface area contributed by atoms with E-state index in [1.165, 1.54) is 0 Å². The van der Waals surface area contributed by atoms with Crippen molar-refractivity contribution in [1.29, 1.82) is 0 Å². The van der Waals surface area contributed by atoms with Crippen LogP contribution in [-0.4, -0.2) is 12.7 Å². The van der Waals surface area contributed by atoms with Crippen molar-refractivity contribution in [1.82, 2.24) is 10.6 Å². The van der Waals surface area contributed by atoms with Crippen molar-refractivity contribution in [2.45, 2.75) is 26.8 Å². The summed E-state index contributed by atoms with van der Waals surface area (Å²) in [5, 5.41) is 6.21. The highest BCUT2D eigenvalue weighted by atomic mass is 15.1. The molecule has 0 fully saturated rings. The van der Waals surface area contributed by atoms with Gasteiger partial charge < -0.3 is 5.32 Å². The minimum Gasteiger partial charge on any atom is -0.379 e. The minimum absolute atomic E-state index is 0.543. The molecule has 0 aromatic heterocycles. The van der Waals surface area contributed by atoms with Gasteiger partial charge in [0.2, 0.25) is 0 Å².